The van der Waals surface area contributed by atoms with E-state index < -0.39 is 0 Å². The van der Waals surface area contributed by atoms with Crippen molar-refractivity contribution >= 4 is 46.7 Å². The van der Waals surface area contributed by atoms with Gasteiger partial charge in [0.25, 0.3) is 0 Å². The topological polar surface area (TPSA) is 42.8 Å². The van der Waals surface area contributed by atoms with Gasteiger partial charge in [-0.3, -0.25) is 5.43 Å². The van der Waals surface area contributed by atoms with E-state index >= 15 is 0 Å². The predicted molar refractivity (Wildman–Crippen MR) is 116 cm³/mol. The second-order valence-electron chi connectivity index (χ2n) is 5.79. The molecule has 0 aliphatic heterocycles. The lowest BCUT2D eigenvalue weighted by atomic mass is 10.2. The van der Waals surface area contributed by atoms with Crippen molar-refractivity contribution in [2.24, 2.45) is 5.10 Å². The second kappa shape index (κ2) is 9.69. The summed E-state index contributed by atoms with van der Waals surface area (Å²) in [5.41, 5.74) is 5.32. The van der Waals surface area contributed by atoms with Crippen LogP contribution < -0.4 is 14.9 Å². The van der Waals surface area contributed by atoms with Crippen LogP contribution in [0.25, 0.3) is 0 Å². The van der Waals surface area contributed by atoms with E-state index in [1.165, 1.54) is 0 Å². The molecule has 3 aromatic rings. The number of hydrogen-bond acceptors (Lipinski definition) is 4. The molecule has 0 heterocycles. The molecule has 4 nitrogen and oxygen atoms in total. The summed E-state index contributed by atoms with van der Waals surface area (Å²) in [7, 11) is 1.56. The molecule has 0 fully saturated rings. The van der Waals surface area contributed by atoms with Gasteiger partial charge in [0, 0.05) is 27.2 Å². The van der Waals surface area contributed by atoms with Crippen LogP contribution in [-0.4, -0.2) is 13.3 Å². The lowest BCUT2D eigenvalue weighted by Crippen LogP contribution is -2.00. The molecule has 0 unspecified atom stereocenters. The largest absolute Gasteiger partial charge is 0.493 e. The van der Waals surface area contributed by atoms with Gasteiger partial charge in [0.15, 0.2) is 11.5 Å². The summed E-state index contributed by atoms with van der Waals surface area (Å²) in [6, 6.07) is 18.3. The Morgan fingerprint density at radius 1 is 0.929 bits per heavy atom. The van der Waals surface area contributed by atoms with Crippen LogP contribution in [0.5, 0.6) is 11.5 Å². The number of nitrogens with zero attached hydrogens (tertiary/aromatic N) is 1. The van der Waals surface area contributed by atoms with E-state index in [1.54, 1.807) is 37.6 Å². The minimum Gasteiger partial charge on any atom is -0.493 e. The Bertz CT molecular complexity index is 979. The summed E-state index contributed by atoms with van der Waals surface area (Å²) in [5.74, 6) is 1.04. The third-order valence-electron chi connectivity index (χ3n) is 3.85. The maximum atomic E-state index is 6.38. The monoisotopic (exact) mass is 434 g/mol. The van der Waals surface area contributed by atoms with Crippen LogP contribution in [0.1, 0.15) is 11.1 Å². The van der Waals surface area contributed by atoms with Gasteiger partial charge in [0.2, 0.25) is 0 Å². The fourth-order valence-corrected chi connectivity index (χ4v) is 3.07. The molecule has 0 atom stereocenters. The molecule has 0 aromatic heterocycles. The molecule has 1 N–H and O–H groups in total. The standard InChI is InChI=1S/C21H17Cl3N2O2/c1-27-20-9-15(12-25-26-17-5-3-2-4-6-17)19(24)11-21(20)28-13-14-7-8-16(22)10-18(14)23/h2-12,26H,13H2,1H3. The van der Waals surface area contributed by atoms with E-state index in [0.29, 0.717) is 32.1 Å². The number of hydrogen-bond donors (Lipinski definition) is 1. The first-order valence-electron chi connectivity index (χ1n) is 8.35. The molecule has 144 valence electrons. The van der Waals surface area contributed by atoms with Crippen molar-refractivity contribution in [2.45, 2.75) is 6.61 Å². The summed E-state index contributed by atoms with van der Waals surface area (Å²) in [6.45, 7) is 0.256. The molecule has 3 aromatic carbocycles. The van der Waals surface area contributed by atoms with E-state index in [4.69, 9.17) is 44.3 Å². The Kier molecular flexibility index (Phi) is 7.04. The lowest BCUT2D eigenvalue weighted by molar-refractivity contribution is 0.284. The molecule has 0 saturated heterocycles. The molecule has 0 aliphatic rings. The Morgan fingerprint density at radius 2 is 1.71 bits per heavy atom. The SMILES string of the molecule is COc1cc(C=NNc2ccccc2)c(Cl)cc1OCc1ccc(Cl)cc1Cl. The number of rotatable bonds is 7. The van der Waals surface area contributed by atoms with Crippen molar-refractivity contribution in [1.29, 1.82) is 0 Å². The molecule has 0 bridgehead atoms. The molecule has 28 heavy (non-hydrogen) atoms. The summed E-state index contributed by atoms with van der Waals surface area (Å²) < 4.78 is 11.3. The Labute approximate surface area is 178 Å². The van der Waals surface area contributed by atoms with Crippen molar-refractivity contribution in [1.82, 2.24) is 0 Å². The third-order valence-corrected chi connectivity index (χ3v) is 4.77. The number of benzene rings is 3. The maximum absolute atomic E-state index is 6.38. The molecule has 0 aliphatic carbocycles. The zero-order chi connectivity index (χ0) is 19.9. The molecule has 3 rings (SSSR count). The van der Waals surface area contributed by atoms with E-state index in [2.05, 4.69) is 10.5 Å². The Hall–Kier alpha value is -2.40. The van der Waals surface area contributed by atoms with Crippen LogP contribution in [-0.2, 0) is 6.61 Å². The zero-order valence-corrected chi connectivity index (χ0v) is 17.2. The first-order valence-corrected chi connectivity index (χ1v) is 9.48. The number of ether oxygens (including phenoxy) is 2. The number of anilines is 1. The van der Waals surface area contributed by atoms with Gasteiger partial charge >= 0.3 is 0 Å². The van der Waals surface area contributed by atoms with Gasteiger partial charge in [0.1, 0.15) is 6.61 Å². The number of nitrogens with one attached hydrogen (secondary N) is 1. The molecule has 0 saturated carbocycles. The number of methoxy groups -OCH3 is 1. The predicted octanol–water partition coefficient (Wildman–Crippen LogP) is 6.68. The maximum Gasteiger partial charge on any atom is 0.163 e. The highest BCUT2D eigenvalue weighted by molar-refractivity contribution is 6.35. The van der Waals surface area contributed by atoms with Crippen molar-refractivity contribution in [2.75, 3.05) is 12.5 Å². The van der Waals surface area contributed by atoms with Gasteiger partial charge in [0.05, 0.1) is 24.0 Å². The molecule has 7 heteroatoms. The fraction of sp³-hybridized carbons (Fsp3) is 0.0952. The van der Waals surface area contributed by atoms with E-state index in [9.17, 15) is 0 Å². The van der Waals surface area contributed by atoms with E-state index in [1.807, 2.05) is 36.4 Å². The van der Waals surface area contributed by atoms with Gasteiger partial charge in [-0.05, 0) is 30.3 Å². The summed E-state index contributed by atoms with van der Waals surface area (Å²) in [4.78, 5) is 0. The van der Waals surface area contributed by atoms with Gasteiger partial charge in [-0.2, -0.15) is 5.10 Å². The number of hydrazone groups is 1. The average Bonchev–Trinajstić information content (AvgIpc) is 2.69. The van der Waals surface area contributed by atoms with Crippen molar-refractivity contribution in [3.63, 3.8) is 0 Å². The molecular weight excluding hydrogens is 419 g/mol. The normalized spacial score (nSPS) is 10.9. The van der Waals surface area contributed by atoms with Crippen LogP contribution in [0, 0.1) is 0 Å². The zero-order valence-electron chi connectivity index (χ0n) is 15.0. The minimum absolute atomic E-state index is 0.256. The number of para-hydroxylation sites is 1. The van der Waals surface area contributed by atoms with Gasteiger partial charge in [-0.25, -0.2) is 0 Å². The summed E-state index contributed by atoms with van der Waals surface area (Å²) in [6.07, 6.45) is 1.62. The first kappa shape index (κ1) is 20.3. The van der Waals surface area contributed by atoms with Crippen LogP contribution >= 0.6 is 34.8 Å². The van der Waals surface area contributed by atoms with Crippen molar-refractivity contribution in [3.05, 3.63) is 86.9 Å². The second-order valence-corrected chi connectivity index (χ2v) is 7.04. The Balaban J connectivity index is 1.73. The summed E-state index contributed by atoms with van der Waals surface area (Å²) in [5, 5.41) is 5.80. The van der Waals surface area contributed by atoms with Gasteiger partial charge in [-0.1, -0.05) is 59.1 Å². The lowest BCUT2D eigenvalue weighted by Gasteiger charge is -2.13. The first-order chi connectivity index (χ1) is 13.6. The van der Waals surface area contributed by atoms with Gasteiger partial charge in [-0.15, -0.1) is 0 Å². The molecule has 0 radical (unpaired) electrons. The highest BCUT2D eigenvalue weighted by Gasteiger charge is 2.11. The van der Waals surface area contributed by atoms with Gasteiger partial charge < -0.3 is 9.47 Å². The summed E-state index contributed by atoms with van der Waals surface area (Å²) >= 11 is 18.5. The van der Waals surface area contributed by atoms with Crippen LogP contribution in [0.15, 0.2) is 65.8 Å². The number of halogens is 3. The average molecular weight is 436 g/mol. The highest BCUT2D eigenvalue weighted by atomic mass is 35.5. The smallest absolute Gasteiger partial charge is 0.163 e. The fourth-order valence-electron chi connectivity index (χ4n) is 2.41. The van der Waals surface area contributed by atoms with Crippen molar-refractivity contribution < 1.29 is 9.47 Å². The van der Waals surface area contributed by atoms with Crippen LogP contribution in [0.3, 0.4) is 0 Å². The van der Waals surface area contributed by atoms with Crippen LogP contribution in [0.2, 0.25) is 15.1 Å². The highest BCUT2D eigenvalue weighted by Crippen LogP contribution is 2.34. The van der Waals surface area contributed by atoms with E-state index in [-0.39, 0.29) is 6.61 Å². The molecule has 0 amide bonds. The quantitative estimate of drug-likeness (QED) is 0.332. The van der Waals surface area contributed by atoms with Crippen LogP contribution in [0.4, 0.5) is 5.69 Å². The van der Waals surface area contributed by atoms with Crippen molar-refractivity contribution in [3.8, 4) is 11.5 Å². The minimum atomic E-state index is 0.256. The molecule has 0 spiro atoms. The van der Waals surface area contributed by atoms with E-state index in [0.717, 1.165) is 11.3 Å². The molecular formula is C21H17Cl3N2O2. The third kappa shape index (κ3) is 5.32. The Morgan fingerprint density at radius 3 is 2.43 bits per heavy atom.